The van der Waals surface area contributed by atoms with Gasteiger partial charge < -0.3 is 14.6 Å². The smallest absolute Gasteiger partial charge is 0.231 e. The van der Waals surface area contributed by atoms with Crippen molar-refractivity contribution >= 4 is 0 Å². The molecule has 0 amide bonds. The zero-order valence-electron chi connectivity index (χ0n) is 12.8. The second kappa shape index (κ2) is 8.27. The van der Waals surface area contributed by atoms with Crippen molar-refractivity contribution in [1.82, 2.24) is 15.5 Å². The topological polar surface area (TPSA) is 60.2 Å². The number of rotatable bonds is 9. The highest BCUT2D eigenvalue weighted by Gasteiger charge is 2.24. The average molecular weight is 269 g/mol. The molecule has 5 heteroatoms. The quantitative estimate of drug-likeness (QED) is 0.746. The first-order valence-corrected chi connectivity index (χ1v) is 7.32. The number of ether oxygens (including phenoxy) is 1. The van der Waals surface area contributed by atoms with Crippen molar-refractivity contribution < 1.29 is 9.26 Å². The number of hydrogen-bond acceptors (Lipinski definition) is 5. The van der Waals surface area contributed by atoms with Gasteiger partial charge in [-0.3, -0.25) is 0 Å². The molecule has 0 aliphatic carbocycles. The first kappa shape index (κ1) is 16.1. The predicted octanol–water partition coefficient (Wildman–Crippen LogP) is 3.05. The summed E-state index contributed by atoms with van der Waals surface area (Å²) >= 11 is 0. The number of nitrogens with zero attached hydrogens (tertiary/aromatic N) is 2. The van der Waals surface area contributed by atoms with Crippen molar-refractivity contribution in [2.24, 2.45) is 0 Å². The summed E-state index contributed by atoms with van der Waals surface area (Å²) in [5.41, 5.74) is 0. The van der Waals surface area contributed by atoms with E-state index in [2.05, 4.69) is 36.2 Å². The summed E-state index contributed by atoms with van der Waals surface area (Å²) < 4.78 is 10.9. The molecule has 3 unspecified atom stereocenters. The van der Waals surface area contributed by atoms with Crippen LogP contribution in [0.4, 0.5) is 0 Å². The number of hydrogen-bond donors (Lipinski definition) is 1. The summed E-state index contributed by atoms with van der Waals surface area (Å²) in [6, 6.07) is 0.334. The van der Waals surface area contributed by atoms with Crippen molar-refractivity contribution in [3.8, 4) is 0 Å². The van der Waals surface area contributed by atoms with E-state index in [9.17, 15) is 0 Å². The van der Waals surface area contributed by atoms with Crippen LogP contribution < -0.4 is 5.32 Å². The molecule has 0 saturated carbocycles. The second-order valence-corrected chi connectivity index (χ2v) is 4.85. The second-order valence-electron chi connectivity index (χ2n) is 4.85. The van der Waals surface area contributed by atoms with Crippen LogP contribution in [0.15, 0.2) is 4.52 Å². The Morgan fingerprint density at radius 1 is 1.26 bits per heavy atom. The van der Waals surface area contributed by atoms with Gasteiger partial charge in [-0.1, -0.05) is 19.0 Å². The van der Waals surface area contributed by atoms with Crippen LogP contribution in [0.3, 0.4) is 0 Å². The van der Waals surface area contributed by atoms with Gasteiger partial charge in [-0.2, -0.15) is 4.98 Å². The van der Waals surface area contributed by atoms with Gasteiger partial charge in [-0.15, -0.1) is 0 Å². The minimum absolute atomic E-state index is 0.112. The highest BCUT2D eigenvalue weighted by Crippen LogP contribution is 2.23. The van der Waals surface area contributed by atoms with E-state index in [0.717, 1.165) is 19.4 Å². The van der Waals surface area contributed by atoms with Crippen LogP contribution in [0.2, 0.25) is 0 Å². The molecule has 0 saturated heterocycles. The molecule has 19 heavy (non-hydrogen) atoms. The Morgan fingerprint density at radius 2 is 2.00 bits per heavy atom. The lowest BCUT2D eigenvalue weighted by Crippen LogP contribution is -2.32. The molecule has 0 aliphatic rings. The third-order valence-corrected chi connectivity index (χ3v) is 3.31. The molecular formula is C14H27N3O2. The molecule has 0 aromatic carbocycles. The SMILES string of the molecule is CCCNC(C)C(CC)c1nc(C(C)OCC)no1. The monoisotopic (exact) mass is 269 g/mol. The molecule has 5 nitrogen and oxygen atoms in total. The normalized spacial score (nSPS) is 16.3. The van der Waals surface area contributed by atoms with Gasteiger partial charge in [0.15, 0.2) is 5.82 Å². The Balaban J connectivity index is 2.71. The highest BCUT2D eigenvalue weighted by molar-refractivity contribution is 4.99. The van der Waals surface area contributed by atoms with Crippen LogP contribution in [0.1, 0.15) is 71.2 Å². The van der Waals surface area contributed by atoms with E-state index in [1.54, 1.807) is 0 Å². The van der Waals surface area contributed by atoms with Crippen LogP contribution in [0.5, 0.6) is 0 Å². The lowest BCUT2D eigenvalue weighted by molar-refractivity contribution is 0.0683. The Morgan fingerprint density at radius 3 is 2.58 bits per heavy atom. The predicted molar refractivity (Wildman–Crippen MR) is 75.1 cm³/mol. The van der Waals surface area contributed by atoms with E-state index >= 15 is 0 Å². The summed E-state index contributed by atoms with van der Waals surface area (Å²) in [5.74, 6) is 1.60. The van der Waals surface area contributed by atoms with Crippen molar-refractivity contribution in [3.05, 3.63) is 11.7 Å². The van der Waals surface area contributed by atoms with E-state index in [1.165, 1.54) is 0 Å². The summed E-state index contributed by atoms with van der Waals surface area (Å²) in [4.78, 5) is 4.49. The van der Waals surface area contributed by atoms with Crippen LogP contribution >= 0.6 is 0 Å². The number of aromatic nitrogens is 2. The van der Waals surface area contributed by atoms with Crippen molar-refractivity contribution in [3.63, 3.8) is 0 Å². The molecule has 0 fully saturated rings. The number of nitrogens with one attached hydrogen (secondary N) is 1. The Hall–Kier alpha value is -0.940. The summed E-state index contributed by atoms with van der Waals surface area (Å²) in [7, 11) is 0. The van der Waals surface area contributed by atoms with E-state index in [4.69, 9.17) is 9.26 Å². The fourth-order valence-electron chi connectivity index (χ4n) is 2.14. The fourth-order valence-corrected chi connectivity index (χ4v) is 2.14. The maximum atomic E-state index is 5.48. The lowest BCUT2D eigenvalue weighted by atomic mass is 9.98. The first-order chi connectivity index (χ1) is 9.13. The van der Waals surface area contributed by atoms with E-state index < -0.39 is 0 Å². The standard InChI is InChI=1S/C14H27N3O2/c1-6-9-15-10(4)12(7-2)14-16-13(17-19-14)11(5)18-8-3/h10-12,15H,6-9H2,1-5H3. The summed E-state index contributed by atoms with van der Waals surface area (Å²) in [6.45, 7) is 12.0. The molecule has 3 atom stereocenters. The molecular weight excluding hydrogens is 242 g/mol. The van der Waals surface area contributed by atoms with Gasteiger partial charge in [0.1, 0.15) is 6.10 Å². The van der Waals surface area contributed by atoms with Gasteiger partial charge in [-0.05, 0) is 40.2 Å². The molecule has 1 aromatic rings. The van der Waals surface area contributed by atoms with Crippen molar-refractivity contribution in [1.29, 1.82) is 0 Å². The van der Waals surface area contributed by atoms with E-state index in [0.29, 0.717) is 24.4 Å². The molecule has 0 bridgehead atoms. The highest BCUT2D eigenvalue weighted by atomic mass is 16.5. The fraction of sp³-hybridized carbons (Fsp3) is 0.857. The zero-order chi connectivity index (χ0) is 14.3. The molecule has 0 radical (unpaired) electrons. The van der Waals surface area contributed by atoms with Gasteiger partial charge in [0.2, 0.25) is 5.89 Å². The van der Waals surface area contributed by atoms with Crippen molar-refractivity contribution in [2.75, 3.05) is 13.2 Å². The van der Waals surface area contributed by atoms with Crippen LogP contribution in [-0.4, -0.2) is 29.3 Å². The Bertz CT molecular complexity index is 354. The molecule has 0 aliphatic heterocycles. The molecule has 1 N–H and O–H groups in total. The Kier molecular flexibility index (Phi) is 7.02. The van der Waals surface area contributed by atoms with Gasteiger partial charge in [0.05, 0.1) is 5.92 Å². The van der Waals surface area contributed by atoms with Crippen molar-refractivity contribution in [2.45, 2.75) is 65.5 Å². The average Bonchev–Trinajstić information content (AvgIpc) is 2.87. The molecule has 110 valence electrons. The maximum Gasteiger partial charge on any atom is 0.231 e. The van der Waals surface area contributed by atoms with E-state index in [1.807, 2.05) is 13.8 Å². The minimum atomic E-state index is -0.112. The summed E-state index contributed by atoms with van der Waals surface area (Å²) in [5, 5.41) is 7.51. The van der Waals surface area contributed by atoms with Gasteiger partial charge in [0, 0.05) is 12.6 Å². The minimum Gasteiger partial charge on any atom is -0.371 e. The zero-order valence-corrected chi connectivity index (χ0v) is 12.8. The van der Waals surface area contributed by atoms with E-state index in [-0.39, 0.29) is 12.0 Å². The maximum absolute atomic E-state index is 5.48. The third kappa shape index (κ3) is 4.58. The van der Waals surface area contributed by atoms with Crippen LogP contribution in [0.25, 0.3) is 0 Å². The lowest BCUT2D eigenvalue weighted by Gasteiger charge is -2.20. The van der Waals surface area contributed by atoms with Gasteiger partial charge in [-0.25, -0.2) is 0 Å². The van der Waals surface area contributed by atoms with Crippen LogP contribution in [-0.2, 0) is 4.74 Å². The van der Waals surface area contributed by atoms with Crippen LogP contribution in [0, 0.1) is 0 Å². The molecule has 0 spiro atoms. The third-order valence-electron chi connectivity index (χ3n) is 3.31. The largest absolute Gasteiger partial charge is 0.371 e. The van der Waals surface area contributed by atoms with Gasteiger partial charge in [0.25, 0.3) is 0 Å². The summed E-state index contributed by atoms with van der Waals surface area (Å²) in [6.07, 6.45) is 1.98. The first-order valence-electron chi connectivity index (χ1n) is 7.32. The molecule has 1 rings (SSSR count). The molecule has 1 aromatic heterocycles. The van der Waals surface area contributed by atoms with Gasteiger partial charge >= 0.3 is 0 Å². The molecule has 1 heterocycles. The Labute approximate surface area is 116 Å².